The van der Waals surface area contributed by atoms with Gasteiger partial charge in [-0.05, 0) is 43.9 Å². The van der Waals surface area contributed by atoms with Crippen molar-refractivity contribution in [2.24, 2.45) is 7.05 Å². The van der Waals surface area contributed by atoms with Crippen LogP contribution in [-0.2, 0) is 17.1 Å². The molecule has 1 fully saturated rings. The molecule has 2 aromatic rings. The number of sulfonamides is 1. The van der Waals surface area contributed by atoms with E-state index in [4.69, 9.17) is 16.3 Å². The molecule has 0 spiro atoms. The first kappa shape index (κ1) is 16.1. The highest BCUT2D eigenvalue weighted by Gasteiger charge is 2.19. The van der Waals surface area contributed by atoms with Crippen molar-refractivity contribution in [3.8, 4) is 5.75 Å². The highest BCUT2D eigenvalue weighted by molar-refractivity contribution is 7.92. The lowest BCUT2D eigenvalue weighted by Gasteiger charge is -2.15. The Labute approximate surface area is 140 Å². The van der Waals surface area contributed by atoms with Crippen LogP contribution in [0.15, 0.2) is 35.5 Å². The summed E-state index contributed by atoms with van der Waals surface area (Å²) in [6.45, 7) is 0. The average Bonchev–Trinajstić information content (AvgIpc) is 3.13. The number of hydrogen-bond donors (Lipinski definition) is 1. The number of nitrogens with one attached hydrogen (secondary N) is 1. The van der Waals surface area contributed by atoms with Crippen molar-refractivity contribution in [1.29, 1.82) is 0 Å². The first-order chi connectivity index (χ1) is 10.9. The van der Waals surface area contributed by atoms with Crippen LogP contribution in [0.4, 0.5) is 5.69 Å². The van der Waals surface area contributed by atoms with Crippen LogP contribution in [0.1, 0.15) is 25.7 Å². The van der Waals surface area contributed by atoms with Crippen molar-refractivity contribution in [3.05, 3.63) is 35.6 Å². The van der Waals surface area contributed by atoms with Crippen LogP contribution in [0.25, 0.3) is 0 Å². The molecule has 1 aromatic carbocycles. The van der Waals surface area contributed by atoms with Gasteiger partial charge in [0.15, 0.2) is 0 Å². The summed E-state index contributed by atoms with van der Waals surface area (Å²) in [5.74, 6) is 0.586. The molecule has 1 saturated carbocycles. The molecule has 1 aliphatic carbocycles. The van der Waals surface area contributed by atoms with Crippen LogP contribution >= 0.6 is 11.6 Å². The third-order valence-corrected chi connectivity index (χ3v) is 5.40. The Bertz CT molecular complexity index is 798. The second kappa shape index (κ2) is 6.41. The molecule has 3 rings (SSSR count). The first-order valence-electron chi connectivity index (χ1n) is 7.42. The number of aryl methyl sites for hydroxylation is 1. The van der Waals surface area contributed by atoms with Crippen molar-refractivity contribution in [3.63, 3.8) is 0 Å². The number of aromatic nitrogens is 2. The third kappa shape index (κ3) is 3.79. The highest BCUT2D eigenvalue weighted by Crippen LogP contribution is 2.32. The Morgan fingerprint density at radius 1 is 1.35 bits per heavy atom. The summed E-state index contributed by atoms with van der Waals surface area (Å²) in [5.41, 5.74) is 0.387. The fourth-order valence-corrected chi connectivity index (χ4v) is 3.85. The van der Waals surface area contributed by atoms with E-state index in [1.165, 1.54) is 29.9 Å². The first-order valence-corrected chi connectivity index (χ1v) is 9.28. The van der Waals surface area contributed by atoms with Gasteiger partial charge in [-0.25, -0.2) is 8.42 Å². The number of ether oxygens (including phenoxy) is 1. The molecule has 0 unspecified atom stereocenters. The zero-order valence-electron chi connectivity index (χ0n) is 12.7. The van der Waals surface area contributed by atoms with Crippen LogP contribution < -0.4 is 9.46 Å². The van der Waals surface area contributed by atoms with E-state index >= 15 is 0 Å². The molecule has 1 aliphatic rings. The summed E-state index contributed by atoms with van der Waals surface area (Å²) in [5, 5.41) is 4.26. The van der Waals surface area contributed by atoms with E-state index in [9.17, 15) is 8.42 Å². The van der Waals surface area contributed by atoms with Gasteiger partial charge in [-0.15, -0.1) is 0 Å². The highest BCUT2D eigenvalue weighted by atomic mass is 35.5. The minimum Gasteiger partial charge on any atom is -0.489 e. The molecular weight excluding hydrogens is 338 g/mol. The van der Waals surface area contributed by atoms with E-state index in [2.05, 4.69) is 9.82 Å². The van der Waals surface area contributed by atoms with Crippen LogP contribution in [0.2, 0.25) is 5.02 Å². The predicted molar refractivity (Wildman–Crippen MR) is 88.4 cm³/mol. The SMILES string of the molecule is Cn1cc(S(=O)(=O)Nc2ccc(OC3CCCC3)c(Cl)c2)cn1. The Hall–Kier alpha value is -1.73. The molecule has 0 saturated heterocycles. The van der Waals surface area contributed by atoms with E-state index in [0.717, 1.165) is 12.8 Å². The monoisotopic (exact) mass is 355 g/mol. The smallest absolute Gasteiger partial charge is 0.265 e. The van der Waals surface area contributed by atoms with E-state index in [-0.39, 0.29) is 11.0 Å². The summed E-state index contributed by atoms with van der Waals surface area (Å²) in [4.78, 5) is 0.0994. The summed E-state index contributed by atoms with van der Waals surface area (Å²) in [6, 6.07) is 4.89. The molecule has 124 valence electrons. The lowest BCUT2D eigenvalue weighted by Crippen LogP contribution is -2.13. The molecule has 8 heteroatoms. The van der Waals surface area contributed by atoms with Crippen molar-refractivity contribution in [2.45, 2.75) is 36.7 Å². The van der Waals surface area contributed by atoms with Gasteiger partial charge >= 0.3 is 0 Å². The Morgan fingerprint density at radius 2 is 2.09 bits per heavy atom. The second-order valence-electron chi connectivity index (χ2n) is 5.62. The number of hydrogen-bond acceptors (Lipinski definition) is 4. The molecule has 0 amide bonds. The van der Waals surface area contributed by atoms with Gasteiger partial charge in [0.2, 0.25) is 0 Å². The summed E-state index contributed by atoms with van der Waals surface area (Å²) < 4.78 is 34.3. The second-order valence-corrected chi connectivity index (χ2v) is 7.71. The maximum atomic E-state index is 12.3. The van der Waals surface area contributed by atoms with Gasteiger partial charge in [-0.2, -0.15) is 5.10 Å². The Morgan fingerprint density at radius 3 is 2.70 bits per heavy atom. The van der Waals surface area contributed by atoms with Crippen molar-refractivity contribution in [1.82, 2.24) is 9.78 Å². The van der Waals surface area contributed by atoms with Crippen molar-refractivity contribution < 1.29 is 13.2 Å². The van der Waals surface area contributed by atoms with Crippen LogP contribution in [0, 0.1) is 0 Å². The number of halogens is 1. The molecule has 1 aromatic heterocycles. The molecule has 0 radical (unpaired) electrons. The van der Waals surface area contributed by atoms with Gasteiger partial charge < -0.3 is 4.74 Å². The molecule has 0 atom stereocenters. The topological polar surface area (TPSA) is 73.2 Å². The fourth-order valence-electron chi connectivity index (χ4n) is 2.60. The minimum atomic E-state index is -3.68. The van der Waals surface area contributed by atoms with Crippen molar-refractivity contribution in [2.75, 3.05) is 4.72 Å². The largest absolute Gasteiger partial charge is 0.489 e. The van der Waals surface area contributed by atoms with Gasteiger partial charge in [-0.1, -0.05) is 11.6 Å². The Kier molecular flexibility index (Phi) is 4.50. The van der Waals surface area contributed by atoms with Gasteiger partial charge in [0.25, 0.3) is 10.0 Å². The number of rotatable bonds is 5. The summed E-state index contributed by atoms with van der Waals surface area (Å²) in [7, 11) is -2.02. The van der Waals surface area contributed by atoms with Gasteiger partial charge in [0, 0.05) is 13.2 Å². The van der Waals surface area contributed by atoms with Gasteiger partial charge in [0.05, 0.1) is 23.0 Å². The molecule has 23 heavy (non-hydrogen) atoms. The third-order valence-electron chi connectivity index (χ3n) is 3.77. The number of benzene rings is 1. The lowest BCUT2D eigenvalue weighted by molar-refractivity contribution is 0.210. The van der Waals surface area contributed by atoms with E-state index in [0.29, 0.717) is 16.5 Å². The van der Waals surface area contributed by atoms with Crippen LogP contribution in [0.5, 0.6) is 5.75 Å². The van der Waals surface area contributed by atoms with Gasteiger partial charge in [-0.3, -0.25) is 9.40 Å². The summed E-state index contributed by atoms with van der Waals surface area (Å²) >= 11 is 6.21. The molecule has 6 nitrogen and oxygen atoms in total. The molecule has 0 bridgehead atoms. The number of anilines is 1. The van der Waals surface area contributed by atoms with E-state index < -0.39 is 10.0 Å². The lowest BCUT2D eigenvalue weighted by atomic mass is 10.3. The van der Waals surface area contributed by atoms with E-state index in [1.807, 2.05) is 0 Å². The maximum absolute atomic E-state index is 12.3. The fraction of sp³-hybridized carbons (Fsp3) is 0.400. The number of nitrogens with zero attached hydrogens (tertiary/aromatic N) is 2. The van der Waals surface area contributed by atoms with Crippen LogP contribution in [0.3, 0.4) is 0 Å². The Balaban J connectivity index is 1.74. The average molecular weight is 356 g/mol. The summed E-state index contributed by atoms with van der Waals surface area (Å²) in [6.07, 6.45) is 7.34. The van der Waals surface area contributed by atoms with E-state index in [1.54, 1.807) is 25.2 Å². The zero-order valence-corrected chi connectivity index (χ0v) is 14.3. The molecule has 0 aliphatic heterocycles. The minimum absolute atomic E-state index is 0.0994. The quantitative estimate of drug-likeness (QED) is 0.893. The van der Waals surface area contributed by atoms with Gasteiger partial charge in [0.1, 0.15) is 10.6 Å². The zero-order chi connectivity index (χ0) is 16.4. The molecule has 1 N–H and O–H groups in total. The van der Waals surface area contributed by atoms with Crippen LogP contribution in [-0.4, -0.2) is 24.3 Å². The predicted octanol–water partition coefficient (Wildman–Crippen LogP) is 3.20. The normalized spacial score (nSPS) is 15.7. The standard InChI is InChI=1S/C15H18ClN3O3S/c1-19-10-13(9-17-19)23(20,21)18-11-6-7-15(14(16)8-11)22-12-4-2-3-5-12/h6-10,12,18H,2-5H2,1H3. The van der Waals surface area contributed by atoms with Crippen molar-refractivity contribution >= 4 is 27.3 Å². The maximum Gasteiger partial charge on any atom is 0.265 e. The molecule has 1 heterocycles. The molecular formula is C15H18ClN3O3S.